The van der Waals surface area contributed by atoms with Gasteiger partial charge in [-0.15, -0.1) is 0 Å². The summed E-state index contributed by atoms with van der Waals surface area (Å²) in [5.41, 5.74) is 0. The van der Waals surface area contributed by atoms with Crippen LogP contribution < -0.4 is 5.32 Å². The summed E-state index contributed by atoms with van der Waals surface area (Å²) in [6.45, 7) is 3.94. The van der Waals surface area contributed by atoms with Crippen molar-refractivity contribution in [2.45, 2.75) is 31.9 Å². The normalized spacial score (nSPS) is 23.9. The van der Waals surface area contributed by atoms with Crippen LogP contribution in [0.25, 0.3) is 0 Å². The van der Waals surface area contributed by atoms with E-state index in [1.165, 1.54) is 12.8 Å². The summed E-state index contributed by atoms with van der Waals surface area (Å²) in [4.78, 5) is 0. The van der Waals surface area contributed by atoms with Gasteiger partial charge in [-0.1, -0.05) is 0 Å². The maximum Gasteiger partial charge on any atom is 0.120 e. The summed E-state index contributed by atoms with van der Waals surface area (Å²) < 4.78 is 10.8. The van der Waals surface area contributed by atoms with Crippen molar-refractivity contribution in [2.24, 2.45) is 0 Å². The molecule has 0 aromatic carbocycles. The van der Waals surface area contributed by atoms with Gasteiger partial charge in [-0.3, -0.25) is 0 Å². The predicted molar refractivity (Wildman–Crippen MR) is 54.1 cm³/mol. The molecule has 0 bridgehead atoms. The van der Waals surface area contributed by atoms with Crippen LogP contribution in [-0.4, -0.2) is 19.3 Å². The van der Waals surface area contributed by atoms with Gasteiger partial charge < -0.3 is 14.5 Å². The molecule has 1 unspecified atom stereocenters. The van der Waals surface area contributed by atoms with Crippen LogP contribution in [0.2, 0.25) is 0 Å². The Kier molecular flexibility index (Phi) is 3.22. The molecule has 1 aromatic rings. The fourth-order valence-corrected chi connectivity index (χ4v) is 1.75. The zero-order valence-corrected chi connectivity index (χ0v) is 8.53. The lowest BCUT2D eigenvalue weighted by Crippen LogP contribution is -2.28. The van der Waals surface area contributed by atoms with Crippen LogP contribution in [0.3, 0.4) is 0 Å². The standard InChI is InChI=1S/C11H17NO2/c1-9(11-5-3-7-14-11)12-8-10-4-2-6-13-10/h3,5,7,9-10,12H,2,4,6,8H2,1H3/t9-,10?/m0/s1. The van der Waals surface area contributed by atoms with E-state index in [-0.39, 0.29) is 6.04 Å². The van der Waals surface area contributed by atoms with E-state index in [4.69, 9.17) is 9.15 Å². The zero-order valence-electron chi connectivity index (χ0n) is 8.53. The van der Waals surface area contributed by atoms with Gasteiger partial charge in [-0.25, -0.2) is 0 Å². The molecule has 1 aromatic heterocycles. The first-order valence-electron chi connectivity index (χ1n) is 5.24. The quantitative estimate of drug-likeness (QED) is 0.799. The van der Waals surface area contributed by atoms with Crippen LogP contribution in [-0.2, 0) is 4.74 Å². The molecule has 1 fully saturated rings. The Labute approximate surface area is 84.4 Å². The molecule has 2 atom stereocenters. The van der Waals surface area contributed by atoms with Crippen molar-refractivity contribution in [1.82, 2.24) is 5.32 Å². The van der Waals surface area contributed by atoms with Crippen molar-refractivity contribution in [3.63, 3.8) is 0 Å². The predicted octanol–water partition coefficient (Wildman–Crippen LogP) is 2.11. The lowest BCUT2D eigenvalue weighted by molar-refractivity contribution is 0.107. The molecule has 3 heteroatoms. The fraction of sp³-hybridized carbons (Fsp3) is 0.636. The van der Waals surface area contributed by atoms with Gasteiger partial charge in [-0.05, 0) is 31.9 Å². The summed E-state index contributed by atoms with van der Waals surface area (Å²) >= 11 is 0. The molecule has 14 heavy (non-hydrogen) atoms. The van der Waals surface area contributed by atoms with E-state index in [1.807, 2.05) is 12.1 Å². The molecular weight excluding hydrogens is 178 g/mol. The second-order valence-electron chi connectivity index (χ2n) is 3.78. The van der Waals surface area contributed by atoms with Gasteiger partial charge in [0, 0.05) is 13.2 Å². The molecular formula is C11H17NO2. The molecule has 2 heterocycles. The van der Waals surface area contributed by atoms with Crippen LogP contribution >= 0.6 is 0 Å². The minimum absolute atomic E-state index is 0.272. The molecule has 0 saturated carbocycles. The lowest BCUT2D eigenvalue weighted by atomic mass is 10.2. The highest BCUT2D eigenvalue weighted by molar-refractivity contribution is 5.02. The third-order valence-corrected chi connectivity index (χ3v) is 2.65. The summed E-state index contributed by atoms with van der Waals surface area (Å²) in [7, 11) is 0. The van der Waals surface area contributed by atoms with Crippen molar-refractivity contribution in [3.05, 3.63) is 24.2 Å². The largest absolute Gasteiger partial charge is 0.468 e. The van der Waals surface area contributed by atoms with Gasteiger partial charge >= 0.3 is 0 Å². The number of nitrogens with one attached hydrogen (secondary N) is 1. The Morgan fingerprint density at radius 3 is 3.21 bits per heavy atom. The molecule has 0 spiro atoms. The van der Waals surface area contributed by atoms with E-state index in [1.54, 1.807) is 6.26 Å². The monoisotopic (exact) mass is 195 g/mol. The van der Waals surface area contributed by atoms with Crippen molar-refractivity contribution in [2.75, 3.05) is 13.2 Å². The SMILES string of the molecule is C[C@H](NCC1CCCO1)c1ccco1. The van der Waals surface area contributed by atoms with Gasteiger partial charge in [-0.2, -0.15) is 0 Å². The van der Waals surface area contributed by atoms with Crippen molar-refractivity contribution >= 4 is 0 Å². The summed E-state index contributed by atoms with van der Waals surface area (Å²) in [5.74, 6) is 0.989. The number of furan rings is 1. The minimum atomic E-state index is 0.272. The molecule has 1 aliphatic heterocycles. The molecule has 0 radical (unpaired) electrons. The van der Waals surface area contributed by atoms with Crippen LogP contribution in [0.1, 0.15) is 31.6 Å². The summed E-state index contributed by atoms with van der Waals surface area (Å²) in [6, 6.07) is 4.18. The van der Waals surface area contributed by atoms with Crippen LogP contribution in [0.15, 0.2) is 22.8 Å². The minimum Gasteiger partial charge on any atom is -0.468 e. The van der Waals surface area contributed by atoms with E-state index in [0.29, 0.717) is 6.10 Å². The third kappa shape index (κ3) is 2.36. The van der Waals surface area contributed by atoms with Crippen molar-refractivity contribution in [3.8, 4) is 0 Å². The second-order valence-corrected chi connectivity index (χ2v) is 3.78. The Morgan fingerprint density at radius 2 is 2.57 bits per heavy atom. The summed E-state index contributed by atoms with van der Waals surface area (Å²) in [6.07, 6.45) is 4.48. The molecule has 0 aliphatic carbocycles. The van der Waals surface area contributed by atoms with E-state index in [0.717, 1.165) is 18.9 Å². The maximum atomic E-state index is 5.53. The average molecular weight is 195 g/mol. The van der Waals surface area contributed by atoms with Gasteiger partial charge in [0.05, 0.1) is 18.4 Å². The van der Waals surface area contributed by atoms with Gasteiger partial charge in [0.15, 0.2) is 0 Å². The first-order valence-corrected chi connectivity index (χ1v) is 5.24. The Balaban J connectivity index is 1.74. The van der Waals surface area contributed by atoms with Crippen LogP contribution in [0, 0.1) is 0 Å². The van der Waals surface area contributed by atoms with E-state index < -0.39 is 0 Å². The van der Waals surface area contributed by atoms with Gasteiger partial charge in [0.25, 0.3) is 0 Å². The number of rotatable bonds is 4. The first-order chi connectivity index (χ1) is 6.86. The summed E-state index contributed by atoms with van der Waals surface area (Å²) in [5, 5.41) is 3.41. The van der Waals surface area contributed by atoms with Crippen molar-refractivity contribution in [1.29, 1.82) is 0 Å². The van der Waals surface area contributed by atoms with E-state index >= 15 is 0 Å². The highest BCUT2D eigenvalue weighted by atomic mass is 16.5. The Bertz CT molecular complexity index is 252. The topological polar surface area (TPSA) is 34.4 Å². The number of hydrogen-bond acceptors (Lipinski definition) is 3. The fourth-order valence-electron chi connectivity index (χ4n) is 1.75. The zero-order chi connectivity index (χ0) is 9.80. The molecule has 78 valence electrons. The Morgan fingerprint density at radius 1 is 1.64 bits per heavy atom. The molecule has 0 amide bonds. The van der Waals surface area contributed by atoms with Gasteiger partial charge in [0.1, 0.15) is 5.76 Å². The molecule has 3 nitrogen and oxygen atoms in total. The second kappa shape index (κ2) is 4.62. The first kappa shape index (κ1) is 9.74. The van der Waals surface area contributed by atoms with Crippen molar-refractivity contribution < 1.29 is 9.15 Å². The maximum absolute atomic E-state index is 5.53. The van der Waals surface area contributed by atoms with Gasteiger partial charge in [0.2, 0.25) is 0 Å². The molecule has 1 N–H and O–H groups in total. The smallest absolute Gasteiger partial charge is 0.120 e. The molecule has 1 aliphatic rings. The highest BCUT2D eigenvalue weighted by Gasteiger charge is 2.16. The lowest BCUT2D eigenvalue weighted by Gasteiger charge is -2.14. The van der Waals surface area contributed by atoms with Crippen LogP contribution in [0.5, 0.6) is 0 Å². The number of hydrogen-bond donors (Lipinski definition) is 1. The van der Waals surface area contributed by atoms with E-state index in [2.05, 4.69) is 12.2 Å². The Hall–Kier alpha value is -0.800. The number of ether oxygens (including phenoxy) is 1. The van der Waals surface area contributed by atoms with E-state index in [9.17, 15) is 0 Å². The highest BCUT2D eigenvalue weighted by Crippen LogP contribution is 2.15. The molecule has 1 saturated heterocycles. The third-order valence-electron chi connectivity index (χ3n) is 2.65. The average Bonchev–Trinajstić information content (AvgIpc) is 2.87. The molecule has 2 rings (SSSR count). The van der Waals surface area contributed by atoms with Crippen LogP contribution in [0.4, 0.5) is 0 Å².